The molecule has 2 atom stereocenters. The Hall–Kier alpha value is -3.04. The monoisotopic (exact) mass is 950 g/mol. The first-order chi connectivity index (χ1) is 30.1. The maximum absolute atomic E-state index is 13.6. The average molecular weight is 951 g/mol. The third kappa shape index (κ3) is 33.2. The number of carbonyl (C=O) groups is 6. The van der Waals surface area contributed by atoms with Crippen molar-refractivity contribution in [2.24, 2.45) is 0 Å². The van der Waals surface area contributed by atoms with Gasteiger partial charge in [-0.05, 0) is 32.6 Å². The molecule has 0 aromatic carbocycles. The Morgan fingerprint density at radius 3 is 1.60 bits per heavy atom. The highest BCUT2D eigenvalue weighted by molar-refractivity contribution is 7.39. The number of nitrogens with one attached hydrogen (secondary N) is 3. The molecule has 1 saturated heterocycles. The number of carboxylic acids is 3. The molecule has 0 spiro atoms. The van der Waals surface area contributed by atoms with E-state index in [9.17, 15) is 48.7 Å². The zero-order chi connectivity index (χ0) is 46.8. The van der Waals surface area contributed by atoms with Gasteiger partial charge >= 0.3 is 34.8 Å². The minimum atomic E-state index is -3.34. The lowest BCUT2D eigenvalue weighted by Gasteiger charge is -2.33. The zero-order valence-electron chi connectivity index (χ0n) is 35.9. The lowest BCUT2D eigenvalue weighted by atomic mass is 10.1. The Balaban J connectivity index is 2.97. The van der Waals surface area contributed by atoms with Crippen LogP contribution in [-0.4, -0.2) is 247 Å². The van der Waals surface area contributed by atoms with Crippen molar-refractivity contribution in [3.05, 3.63) is 0 Å². The van der Waals surface area contributed by atoms with Gasteiger partial charge in [-0.25, -0.2) is 4.90 Å². The molecule has 63 heavy (non-hydrogen) atoms. The number of aliphatic carboxylic acids is 3. The molecule has 0 bridgehead atoms. The summed E-state index contributed by atoms with van der Waals surface area (Å²) in [5.41, 5.74) is 0. The van der Waals surface area contributed by atoms with E-state index >= 15 is 0 Å². The Morgan fingerprint density at radius 1 is 0.651 bits per heavy atom. The Bertz CT molecular complexity index is 1330. The molecule has 1 aliphatic heterocycles. The SMILES string of the molecule is CCOCCOCCOCCCNC(=O)[C@@H](CCCCNC(=O)CN(COP(O)O)CO[PH](=O)O)NC(=O)CN1CCN(CC(=O)O)CCN(CC(=O)O)CCN(CC(=O)O)CC1. The topological polar surface area (TPSA) is 339 Å². The van der Waals surface area contributed by atoms with E-state index in [2.05, 4.69) is 25.0 Å². The smallest absolute Gasteiger partial charge is 0.328 e. The molecule has 1 fully saturated rings. The van der Waals surface area contributed by atoms with Crippen molar-refractivity contribution in [1.29, 1.82) is 0 Å². The third-order valence-corrected chi connectivity index (χ3v) is 9.80. The highest BCUT2D eigenvalue weighted by Crippen LogP contribution is 2.24. The lowest BCUT2D eigenvalue weighted by Crippen LogP contribution is -2.52. The summed E-state index contributed by atoms with van der Waals surface area (Å²) in [7, 11) is -6.09. The standard InChI is InChI=1S/C35H68N8O18P2/c1-2-57-18-19-59-21-20-58-17-5-8-37-35(52)29(6-3-4-7-36-30(44)22-43(27-60-62(53)54)28-61-63(55)56)38-31(45)23-39-9-11-40(24-32(46)47)13-15-42(26-34(50)51)16-14-41(12-10-39)25-33(48)49/h29,53-54,63H,2-28H2,1H3,(H,36,44)(H,37,52)(H,38,45)(H,46,47)(H,48,49)(H,50,51)(H,55,56)/t29-/m1/s1. The van der Waals surface area contributed by atoms with Gasteiger partial charge in [0.1, 0.15) is 19.5 Å². The average Bonchev–Trinajstić information content (AvgIpc) is 3.20. The van der Waals surface area contributed by atoms with Crippen molar-refractivity contribution < 1.29 is 86.6 Å². The van der Waals surface area contributed by atoms with Crippen molar-refractivity contribution >= 4 is 52.5 Å². The number of carboxylic acid groups (broad SMARTS) is 3. The fraction of sp³-hybridized carbons (Fsp3) is 0.829. The van der Waals surface area contributed by atoms with Crippen molar-refractivity contribution in [1.82, 2.24) is 40.4 Å². The fourth-order valence-corrected chi connectivity index (χ4v) is 6.52. The molecule has 0 aromatic heterocycles. The van der Waals surface area contributed by atoms with Crippen LogP contribution in [0, 0.1) is 0 Å². The molecule has 1 rings (SSSR count). The molecule has 26 nitrogen and oxygen atoms in total. The minimum absolute atomic E-state index is 0.147. The van der Waals surface area contributed by atoms with E-state index < -0.39 is 72.0 Å². The first kappa shape index (κ1) is 58.0. The number of ether oxygens (including phenoxy) is 3. The Kier molecular flexibility index (Phi) is 33.3. The summed E-state index contributed by atoms with van der Waals surface area (Å²) in [5.74, 6) is -4.76. The molecule has 0 aliphatic carbocycles. The number of unbranched alkanes of at least 4 members (excludes halogenated alkanes) is 1. The number of nitrogens with zero attached hydrogens (tertiary/aromatic N) is 5. The highest BCUT2D eigenvalue weighted by Gasteiger charge is 2.24. The van der Waals surface area contributed by atoms with Gasteiger partial charge in [-0.1, -0.05) is 0 Å². The van der Waals surface area contributed by atoms with Crippen LogP contribution in [0.25, 0.3) is 0 Å². The maximum Gasteiger partial charge on any atom is 0.328 e. The van der Waals surface area contributed by atoms with Crippen LogP contribution in [0.15, 0.2) is 0 Å². The lowest BCUT2D eigenvalue weighted by molar-refractivity contribution is -0.140. The molecule has 1 aliphatic rings. The van der Waals surface area contributed by atoms with Crippen LogP contribution in [0.1, 0.15) is 32.6 Å². The second kappa shape index (κ2) is 36.2. The van der Waals surface area contributed by atoms with E-state index in [0.717, 1.165) is 4.90 Å². The van der Waals surface area contributed by atoms with E-state index in [4.69, 9.17) is 28.9 Å². The first-order valence-corrected chi connectivity index (χ1v) is 23.0. The molecule has 0 aromatic rings. The Labute approximate surface area is 369 Å². The van der Waals surface area contributed by atoms with Crippen LogP contribution in [0.2, 0.25) is 0 Å². The number of rotatable bonds is 34. The van der Waals surface area contributed by atoms with Crippen LogP contribution >= 0.6 is 16.9 Å². The number of hydrogen-bond acceptors (Lipinski definition) is 19. The van der Waals surface area contributed by atoms with Crippen LogP contribution in [0.5, 0.6) is 0 Å². The van der Waals surface area contributed by atoms with Gasteiger partial charge < -0.3 is 60.2 Å². The van der Waals surface area contributed by atoms with Gasteiger partial charge in [0.2, 0.25) is 17.7 Å². The van der Waals surface area contributed by atoms with E-state index in [1.807, 2.05) is 6.92 Å². The molecule has 1 unspecified atom stereocenters. The first-order valence-electron chi connectivity index (χ1n) is 20.6. The summed E-state index contributed by atoms with van der Waals surface area (Å²) in [6.07, 6.45) is 1.38. The predicted molar refractivity (Wildman–Crippen MR) is 224 cm³/mol. The normalized spacial score (nSPS) is 16.2. The van der Waals surface area contributed by atoms with Gasteiger partial charge in [-0.3, -0.25) is 62.0 Å². The van der Waals surface area contributed by atoms with Crippen molar-refractivity contribution in [2.45, 2.75) is 38.6 Å². The van der Waals surface area contributed by atoms with E-state index in [0.29, 0.717) is 58.9 Å². The largest absolute Gasteiger partial charge is 0.480 e. The van der Waals surface area contributed by atoms with Crippen molar-refractivity contribution in [3.8, 4) is 0 Å². The van der Waals surface area contributed by atoms with Gasteiger partial charge in [0.15, 0.2) is 0 Å². The van der Waals surface area contributed by atoms with E-state index in [1.54, 1.807) is 19.6 Å². The van der Waals surface area contributed by atoms with Gasteiger partial charge in [0.05, 0.1) is 59.2 Å². The van der Waals surface area contributed by atoms with Crippen LogP contribution < -0.4 is 16.0 Å². The van der Waals surface area contributed by atoms with Crippen molar-refractivity contribution in [2.75, 3.05) is 151 Å². The quantitative estimate of drug-likeness (QED) is 0.0173. The zero-order valence-corrected chi connectivity index (χ0v) is 37.8. The fourth-order valence-electron chi connectivity index (χ4n) is 5.96. The summed E-state index contributed by atoms with van der Waals surface area (Å²) >= 11 is 0. The highest BCUT2D eigenvalue weighted by atomic mass is 31.2. The number of carbonyl (C=O) groups excluding carboxylic acids is 3. The Morgan fingerprint density at radius 2 is 1.13 bits per heavy atom. The molecule has 3 amide bonds. The van der Waals surface area contributed by atoms with Gasteiger partial charge in [0.25, 0.3) is 0 Å². The summed E-state index contributed by atoms with van der Waals surface area (Å²) in [5, 5.41) is 36.7. The summed E-state index contributed by atoms with van der Waals surface area (Å²) in [6, 6.07) is -0.995. The molecule has 1 heterocycles. The van der Waals surface area contributed by atoms with Crippen LogP contribution in [0.3, 0.4) is 0 Å². The third-order valence-electron chi connectivity index (χ3n) is 9.07. The summed E-state index contributed by atoms with van der Waals surface area (Å²) in [4.78, 5) is 109. The molecule has 366 valence electrons. The van der Waals surface area contributed by atoms with Gasteiger partial charge in [-0.2, -0.15) is 0 Å². The maximum atomic E-state index is 13.6. The molecule has 0 radical (unpaired) electrons. The van der Waals surface area contributed by atoms with Crippen LogP contribution in [-0.2, 0) is 56.6 Å². The second-order valence-electron chi connectivity index (χ2n) is 14.2. The van der Waals surface area contributed by atoms with Crippen molar-refractivity contribution in [3.63, 3.8) is 0 Å². The predicted octanol–water partition coefficient (Wildman–Crippen LogP) is -3.35. The molecule has 28 heteroatoms. The minimum Gasteiger partial charge on any atom is -0.480 e. The van der Waals surface area contributed by atoms with Gasteiger partial charge in [0, 0.05) is 78.7 Å². The number of hydrogen-bond donors (Lipinski definition) is 9. The van der Waals surface area contributed by atoms with E-state index in [-0.39, 0.29) is 105 Å². The summed E-state index contributed by atoms with van der Waals surface area (Å²) < 4.78 is 36.4. The molecular formula is C35H68N8O18P2. The van der Waals surface area contributed by atoms with E-state index in [1.165, 1.54) is 0 Å². The summed E-state index contributed by atoms with van der Waals surface area (Å²) in [6.45, 7) is 4.00. The second-order valence-corrected chi connectivity index (χ2v) is 15.8. The van der Waals surface area contributed by atoms with Crippen LogP contribution in [0.4, 0.5) is 0 Å². The number of amides is 3. The molecular weight excluding hydrogens is 882 g/mol. The molecule has 0 saturated carbocycles. The van der Waals surface area contributed by atoms with Gasteiger partial charge in [-0.15, -0.1) is 0 Å². The molecule has 9 N–H and O–H groups in total.